The highest BCUT2D eigenvalue weighted by molar-refractivity contribution is 5.80. The van der Waals surface area contributed by atoms with Gasteiger partial charge in [0.05, 0.1) is 0 Å². The predicted molar refractivity (Wildman–Crippen MR) is 63.2 cm³/mol. The largest absolute Gasteiger partial charge is 0.396 e. The molecule has 3 nitrogen and oxygen atoms in total. The van der Waals surface area contributed by atoms with Crippen LogP contribution in [0.1, 0.15) is 18.4 Å². The van der Waals surface area contributed by atoms with Crippen molar-refractivity contribution in [3.63, 3.8) is 0 Å². The highest BCUT2D eigenvalue weighted by Gasteiger charge is 2.42. The van der Waals surface area contributed by atoms with Crippen molar-refractivity contribution in [1.82, 2.24) is 9.55 Å². The Hall–Kier alpha value is -1.35. The number of fused-ring (bicyclic) bond motifs is 1. The molecule has 1 aliphatic carbocycles. The van der Waals surface area contributed by atoms with E-state index in [-0.39, 0.29) is 5.41 Å². The van der Waals surface area contributed by atoms with Crippen LogP contribution < -0.4 is 0 Å². The third kappa shape index (κ3) is 1.43. The zero-order valence-corrected chi connectivity index (χ0v) is 9.48. The van der Waals surface area contributed by atoms with Crippen LogP contribution in [0.2, 0.25) is 0 Å². The molecule has 1 fully saturated rings. The normalized spacial score (nSPS) is 17.9. The van der Waals surface area contributed by atoms with Crippen molar-refractivity contribution < 1.29 is 5.11 Å². The Kier molecular flexibility index (Phi) is 2.04. The van der Waals surface area contributed by atoms with E-state index in [1.165, 1.54) is 10.9 Å². The summed E-state index contributed by atoms with van der Waals surface area (Å²) < 4.78 is 2.07. The van der Waals surface area contributed by atoms with Gasteiger partial charge in [-0.3, -0.25) is 0 Å². The summed E-state index contributed by atoms with van der Waals surface area (Å²) in [5.41, 5.74) is 2.52. The smallest absolute Gasteiger partial charge is 0.139 e. The van der Waals surface area contributed by atoms with Gasteiger partial charge in [0, 0.05) is 31.4 Å². The lowest BCUT2D eigenvalue weighted by molar-refractivity contribution is 0.211. The van der Waals surface area contributed by atoms with Crippen LogP contribution in [-0.4, -0.2) is 21.3 Å². The van der Waals surface area contributed by atoms with Crippen LogP contribution in [0.3, 0.4) is 0 Å². The molecule has 2 heterocycles. The molecule has 2 aromatic heterocycles. The molecule has 0 aromatic carbocycles. The molecular formula is C13H16N2O. The summed E-state index contributed by atoms with van der Waals surface area (Å²) in [6, 6.07) is 4.09. The number of hydrogen-bond donors (Lipinski definition) is 1. The molecule has 84 valence electrons. The first-order valence-corrected chi connectivity index (χ1v) is 5.74. The number of aromatic nitrogens is 2. The van der Waals surface area contributed by atoms with E-state index in [1.807, 2.05) is 19.3 Å². The first kappa shape index (κ1) is 9.85. The Morgan fingerprint density at radius 2 is 2.31 bits per heavy atom. The molecule has 16 heavy (non-hydrogen) atoms. The van der Waals surface area contributed by atoms with Gasteiger partial charge in [-0.2, -0.15) is 0 Å². The first-order chi connectivity index (χ1) is 7.74. The van der Waals surface area contributed by atoms with Crippen molar-refractivity contribution in [2.24, 2.45) is 12.5 Å². The average molecular weight is 216 g/mol. The quantitative estimate of drug-likeness (QED) is 0.850. The Bertz CT molecular complexity index is 526. The van der Waals surface area contributed by atoms with Gasteiger partial charge in [-0.15, -0.1) is 0 Å². The van der Waals surface area contributed by atoms with Gasteiger partial charge in [0.2, 0.25) is 0 Å². The highest BCUT2D eigenvalue weighted by Crippen LogP contribution is 2.48. The van der Waals surface area contributed by atoms with Gasteiger partial charge in [0.1, 0.15) is 5.65 Å². The molecule has 3 rings (SSSR count). The summed E-state index contributed by atoms with van der Waals surface area (Å²) in [7, 11) is 2.03. The van der Waals surface area contributed by atoms with E-state index >= 15 is 0 Å². The molecule has 2 aromatic rings. The molecule has 0 bridgehead atoms. The van der Waals surface area contributed by atoms with E-state index in [2.05, 4.69) is 21.8 Å². The summed E-state index contributed by atoms with van der Waals surface area (Å²) in [4.78, 5) is 4.38. The Balaban J connectivity index is 2.04. The van der Waals surface area contributed by atoms with Crippen molar-refractivity contribution in [1.29, 1.82) is 0 Å². The van der Waals surface area contributed by atoms with Crippen LogP contribution in [0.4, 0.5) is 0 Å². The van der Waals surface area contributed by atoms with Crippen molar-refractivity contribution in [2.45, 2.75) is 19.3 Å². The SMILES string of the molecule is Cn1cc(CC2(CO)CC2)c2cccnc21. The van der Waals surface area contributed by atoms with E-state index in [0.717, 1.165) is 24.9 Å². The van der Waals surface area contributed by atoms with Crippen molar-refractivity contribution in [3.05, 3.63) is 30.1 Å². The molecule has 1 aliphatic rings. The Morgan fingerprint density at radius 1 is 1.50 bits per heavy atom. The van der Waals surface area contributed by atoms with Crippen LogP contribution in [0.5, 0.6) is 0 Å². The molecule has 0 radical (unpaired) electrons. The van der Waals surface area contributed by atoms with Gasteiger partial charge in [-0.25, -0.2) is 4.98 Å². The predicted octanol–water partition coefficient (Wildman–Crippen LogP) is 1.89. The van der Waals surface area contributed by atoms with E-state index in [4.69, 9.17) is 0 Å². The Morgan fingerprint density at radius 3 is 3.00 bits per heavy atom. The zero-order valence-electron chi connectivity index (χ0n) is 9.48. The van der Waals surface area contributed by atoms with Crippen molar-refractivity contribution >= 4 is 11.0 Å². The Labute approximate surface area is 94.7 Å². The first-order valence-electron chi connectivity index (χ1n) is 5.74. The highest BCUT2D eigenvalue weighted by atomic mass is 16.3. The number of nitrogens with zero attached hydrogens (tertiary/aromatic N) is 2. The third-order valence-corrected chi connectivity index (χ3v) is 3.67. The molecule has 0 atom stereocenters. The summed E-state index contributed by atoms with van der Waals surface area (Å²) in [6.45, 7) is 0.309. The summed E-state index contributed by atoms with van der Waals surface area (Å²) in [5, 5.41) is 10.6. The minimum Gasteiger partial charge on any atom is -0.396 e. The van der Waals surface area contributed by atoms with E-state index in [1.54, 1.807) is 0 Å². The average Bonchev–Trinajstić information content (AvgIpc) is 3.02. The molecule has 3 heteroatoms. The minimum absolute atomic E-state index is 0.171. The fourth-order valence-electron chi connectivity index (χ4n) is 2.41. The molecule has 1 saturated carbocycles. The summed E-state index contributed by atoms with van der Waals surface area (Å²) in [5.74, 6) is 0. The van der Waals surface area contributed by atoms with Gasteiger partial charge in [-0.1, -0.05) is 0 Å². The lowest BCUT2D eigenvalue weighted by Gasteiger charge is -2.09. The number of rotatable bonds is 3. The van der Waals surface area contributed by atoms with Crippen molar-refractivity contribution in [2.75, 3.05) is 6.61 Å². The molecule has 0 saturated heterocycles. The lowest BCUT2D eigenvalue weighted by Crippen LogP contribution is -2.09. The van der Waals surface area contributed by atoms with Gasteiger partial charge >= 0.3 is 0 Å². The second kappa shape index (κ2) is 3.32. The fourth-order valence-corrected chi connectivity index (χ4v) is 2.41. The second-order valence-electron chi connectivity index (χ2n) is 4.97. The topological polar surface area (TPSA) is 38.0 Å². The molecule has 0 unspecified atom stereocenters. The monoisotopic (exact) mass is 216 g/mol. The van der Waals surface area contributed by atoms with E-state index in [0.29, 0.717) is 6.61 Å². The number of aryl methyl sites for hydroxylation is 1. The van der Waals surface area contributed by atoms with Gasteiger partial charge in [0.15, 0.2) is 0 Å². The minimum atomic E-state index is 0.171. The number of pyridine rings is 1. The number of aliphatic hydroxyl groups excluding tert-OH is 1. The summed E-state index contributed by atoms with van der Waals surface area (Å²) in [6.07, 6.45) is 7.26. The molecular weight excluding hydrogens is 200 g/mol. The van der Waals surface area contributed by atoms with Crippen LogP contribution in [-0.2, 0) is 13.5 Å². The second-order valence-corrected chi connectivity index (χ2v) is 4.97. The van der Waals surface area contributed by atoms with Crippen LogP contribution in [0.25, 0.3) is 11.0 Å². The number of hydrogen-bond acceptors (Lipinski definition) is 2. The van der Waals surface area contributed by atoms with E-state index < -0.39 is 0 Å². The zero-order chi connectivity index (χ0) is 11.2. The fraction of sp³-hybridized carbons (Fsp3) is 0.462. The van der Waals surface area contributed by atoms with Crippen LogP contribution in [0.15, 0.2) is 24.5 Å². The van der Waals surface area contributed by atoms with E-state index in [9.17, 15) is 5.11 Å². The maximum atomic E-state index is 9.37. The lowest BCUT2D eigenvalue weighted by atomic mass is 9.98. The summed E-state index contributed by atoms with van der Waals surface area (Å²) >= 11 is 0. The third-order valence-electron chi connectivity index (χ3n) is 3.67. The molecule has 0 aliphatic heterocycles. The maximum Gasteiger partial charge on any atom is 0.139 e. The molecule has 0 spiro atoms. The number of aliphatic hydroxyl groups is 1. The van der Waals surface area contributed by atoms with Gasteiger partial charge in [0.25, 0.3) is 0 Å². The van der Waals surface area contributed by atoms with Crippen LogP contribution in [0, 0.1) is 5.41 Å². The van der Waals surface area contributed by atoms with Crippen molar-refractivity contribution in [3.8, 4) is 0 Å². The van der Waals surface area contributed by atoms with Gasteiger partial charge < -0.3 is 9.67 Å². The van der Waals surface area contributed by atoms with Crippen LogP contribution >= 0.6 is 0 Å². The standard InChI is InChI=1S/C13H16N2O/c1-15-8-10(7-13(9-16)4-5-13)11-3-2-6-14-12(11)15/h2-3,6,8,16H,4-5,7,9H2,1H3. The maximum absolute atomic E-state index is 9.37. The molecule has 1 N–H and O–H groups in total. The van der Waals surface area contributed by atoms with Gasteiger partial charge in [-0.05, 0) is 42.4 Å². The molecule has 0 amide bonds.